The fourth-order valence-electron chi connectivity index (χ4n) is 2.16. The number of benzene rings is 1. The normalized spacial score (nSPS) is 23.5. The van der Waals surface area contributed by atoms with Crippen molar-refractivity contribution in [1.29, 1.82) is 0 Å². The molecule has 5 N–H and O–H groups in total. The van der Waals surface area contributed by atoms with E-state index in [0.29, 0.717) is 23.7 Å². The van der Waals surface area contributed by atoms with Gasteiger partial charge in [0, 0.05) is 18.4 Å². The van der Waals surface area contributed by atoms with Gasteiger partial charge < -0.3 is 25.8 Å². The lowest BCUT2D eigenvalue weighted by atomic mass is 10.1. The third kappa shape index (κ3) is 4.84. The average Bonchev–Trinajstić information content (AvgIpc) is 2.58. The van der Waals surface area contributed by atoms with Crippen LogP contribution in [0, 0.1) is 0 Å². The second-order valence-electron chi connectivity index (χ2n) is 5.12. The summed E-state index contributed by atoms with van der Waals surface area (Å²) in [5.74, 6) is 0.666. The fourth-order valence-corrected chi connectivity index (χ4v) is 3.11. The van der Waals surface area contributed by atoms with Crippen LogP contribution in [-0.2, 0) is 9.53 Å². The van der Waals surface area contributed by atoms with Gasteiger partial charge in [0.05, 0.1) is 19.9 Å². The molecule has 1 heterocycles. The second-order valence-corrected chi connectivity index (χ2v) is 6.34. The Morgan fingerprint density at radius 3 is 2.62 bits per heavy atom. The van der Waals surface area contributed by atoms with E-state index < -0.39 is 12.2 Å². The molecule has 0 bridgehead atoms. The molecule has 1 fully saturated rings. The summed E-state index contributed by atoms with van der Waals surface area (Å²) >= 11 is 1.48. The molecule has 2 rings (SSSR count). The number of hydrogen-bond acceptors (Lipinski definition) is 7. The van der Waals surface area contributed by atoms with E-state index in [0.717, 1.165) is 0 Å². The molecule has 1 aromatic carbocycles. The van der Waals surface area contributed by atoms with Crippen LogP contribution in [0.3, 0.4) is 0 Å². The third-order valence-corrected chi connectivity index (χ3v) is 4.46. The zero-order chi connectivity index (χ0) is 17.5. The van der Waals surface area contributed by atoms with Crippen molar-refractivity contribution in [2.75, 3.05) is 26.6 Å². The highest BCUT2D eigenvalue weighted by Gasteiger charge is 2.35. The molecule has 9 heteroatoms. The van der Waals surface area contributed by atoms with E-state index in [9.17, 15) is 9.59 Å². The summed E-state index contributed by atoms with van der Waals surface area (Å²) in [5.41, 5.74) is 6.10. The topological polar surface area (TPSA) is 115 Å². The van der Waals surface area contributed by atoms with Gasteiger partial charge >= 0.3 is 0 Å². The SMILES string of the molecule is COCCSC1NC(=O)C(NC(=O)c2ccc(OC)cc2)C(N)N1. The van der Waals surface area contributed by atoms with E-state index >= 15 is 0 Å². The Kier molecular flexibility index (Phi) is 6.85. The van der Waals surface area contributed by atoms with E-state index in [1.165, 1.54) is 11.8 Å². The summed E-state index contributed by atoms with van der Waals surface area (Å²) < 4.78 is 10.0. The lowest BCUT2D eigenvalue weighted by Crippen LogP contribution is -2.70. The van der Waals surface area contributed by atoms with Crippen LogP contribution in [0.15, 0.2) is 24.3 Å². The first-order valence-electron chi connectivity index (χ1n) is 7.42. The minimum absolute atomic E-state index is 0.309. The van der Waals surface area contributed by atoms with Crippen LogP contribution in [0.25, 0.3) is 0 Å². The molecule has 0 radical (unpaired) electrons. The number of nitrogens with two attached hydrogens (primary N) is 1. The van der Waals surface area contributed by atoms with E-state index in [2.05, 4.69) is 16.0 Å². The Balaban J connectivity index is 1.92. The van der Waals surface area contributed by atoms with Gasteiger partial charge in [0.2, 0.25) is 5.91 Å². The molecule has 1 saturated heterocycles. The minimum Gasteiger partial charge on any atom is -0.497 e. The van der Waals surface area contributed by atoms with Crippen molar-refractivity contribution in [2.45, 2.75) is 17.7 Å². The monoisotopic (exact) mass is 354 g/mol. The molecule has 0 saturated carbocycles. The summed E-state index contributed by atoms with van der Waals surface area (Å²) in [6.07, 6.45) is -0.680. The quantitative estimate of drug-likeness (QED) is 0.486. The molecule has 0 aromatic heterocycles. The predicted molar refractivity (Wildman–Crippen MR) is 91.6 cm³/mol. The molecule has 0 spiro atoms. The molecule has 3 atom stereocenters. The standard InChI is InChI=1S/C15H22N4O4S/c1-22-7-8-24-15-18-12(16)11(14(21)19-15)17-13(20)9-3-5-10(23-2)6-4-9/h3-6,11-12,15,18H,7-8,16H2,1-2H3,(H,17,20)(H,19,21). The molecule has 132 valence electrons. The minimum atomic E-state index is -0.848. The average molecular weight is 354 g/mol. The molecular formula is C15H22N4O4S. The van der Waals surface area contributed by atoms with E-state index in [1.807, 2.05) is 0 Å². The number of thioether (sulfide) groups is 1. The van der Waals surface area contributed by atoms with Crippen molar-refractivity contribution in [1.82, 2.24) is 16.0 Å². The summed E-state index contributed by atoms with van der Waals surface area (Å²) in [6, 6.07) is 5.75. The first kappa shape index (κ1) is 18.5. The zero-order valence-corrected chi connectivity index (χ0v) is 14.4. The van der Waals surface area contributed by atoms with Crippen molar-refractivity contribution in [3.63, 3.8) is 0 Å². The molecule has 24 heavy (non-hydrogen) atoms. The molecule has 2 amide bonds. The van der Waals surface area contributed by atoms with Crippen LogP contribution in [0.5, 0.6) is 5.75 Å². The van der Waals surface area contributed by atoms with Gasteiger partial charge in [-0.25, -0.2) is 0 Å². The first-order chi connectivity index (χ1) is 11.5. The largest absolute Gasteiger partial charge is 0.497 e. The Morgan fingerprint density at radius 2 is 2.04 bits per heavy atom. The summed E-state index contributed by atoms with van der Waals surface area (Å²) in [7, 11) is 3.16. The number of hydrogen-bond donors (Lipinski definition) is 4. The van der Waals surface area contributed by atoms with Gasteiger partial charge in [-0.2, -0.15) is 0 Å². The van der Waals surface area contributed by atoms with Crippen LogP contribution in [0.2, 0.25) is 0 Å². The zero-order valence-electron chi connectivity index (χ0n) is 13.6. The van der Waals surface area contributed by atoms with E-state index in [-0.39, 0.29) is 17.3 Å². The van der Waals surface area contributed by atoms with Crippen LogP contribution in [0.4, 0.5) is 0 Å². The van der Waals surface area contributed by atoms with Crippen molar-refractivity contribution < 1.29 is 19.1 Å². The van der Waals surface area contributed by atoms with Crippen molar-refractivity contribution >= 4 is 23.6 Å². The van der Waals surface area contributed by atoms with Crippen LogP contribution in [0.1, 0.15) is 10.4 Å². The maximum atomic E-state index is 12.3. The van der Waals surface area contributed by atoms with Crippen molar-refractivity contribution in [3.8, 4) is 5.75 Å². The lowest BCUT2D eigenvalue weighted by Gasteiger charge is -2.35. The Bertz CT molecular complexity index is 569. The Labute approximate surface area is 144 Å². The third-order valence-electron chi connectivity index (χ3n) is 3.47. The number of carbonyl (C=O) groups is 2. The maximum Gasteiger partial charge on any atom is 0.252 e. The highest BCUT2D eigenvalue weighted by atomic mass is 32.2. The number of rotatable bonds is 7. The van der Waals surface area contributed by atoms with Crippen LogP contribution >= 0.6 is 11.8 Å². The van der Waals surface area contributed by atoms with Gasteiger partial charge in [-0.15, -0.1) is 11.8 Å². The van der Waals surface area contributed by atoms with Crippen molar-refractivity contribution in [2.24, 2.45) is 5.73 Å². The Morgan fingerprint density at radius 1 is 1.33 bits per heavy atom. The van der Waals surface area contributed by atoms with Gasteiger partial charge in [0.1, 0.15) is 17.3 Å². The predicted octanol–water partition coefficient (Wildman–Crippen LogP) is -0.539. The smallest absolute Gasteiger partial charge is 0.252 e. The second kappa shape index (κ2) is 8.88. The molecule has 0 aliphatic carbocycles. The number of nitrogens with one attached hydrogen (secondary N) is 3. The molecule has 1 aliphatic rings. The van der Waals surface area contributed by atoms with Gasteiger partial charge in [-0.1, -0.05) is 0 Å². The summed E-state index contributed by atoms with van der Waals surface area (Å²) in [6.45, 7) is 0.575. The number of methoxy groups -OCH3 is 2. The van der Waals surface area contributed by atoms with Crippen LogP contribution in [-0.4, -0.2) is 56.1 Å². The summed E-state index contributed by atoms with van der Waals surface area (Å²) in [5, 5.41) is 8.47. The number of carbonyl (C=O) groups excluding carboxylic acids is 2. The first-order valence-corrected chi connectivity index (χ1v) is 8.47. The number of amides is 2. The Hall–Kier alpha value is -1.81. The van der Waals surface area contributed by atoms with Crippen LogP contribution < -0.4 is 26.4 Å². The van der Waals surface area contributed by atoms with E-state index in [1.54, 1.807) is 38.5 Å². The van der Waals surface area contributed by atoms with Gasteiger partial charge in [-0.3, -0.25) is 14.9 Å². The molecular weight excluding hydrogens is 332 g/mol. The molecule has 1 aromatic rings. The molecule has 8 nitrogen and oxygen atoms in total. The van der Waals surface area contributed by atoms with E-state index in [4.69, 9.17) is 15.2 Å². The van der Waals surface area contributed by atoms with Gasteiger partial charge in [0.15, 0.2) is 0 Å². The highest BCUT2D eigenvalue weighted by molar-refractivity contribution is 7.99. The molecule has 3 unspecified atom stereocenters. The highest BCUT2D eigenvalue weighted by Crippen LogP contribution is 2.13. The fraction of sp³-hybridized carbons (Fsp3) is 0.467. The molecule has 1 aliphatic heterocycles. The van der Waals surface area contributed by atoms with Gasteiger partial charge in [0.25, 0.3) is 5.91 Å². The summed E-state index contributed by atoms with van der Waals surface area (Å²) in [4.78, 5) is 24.5. The van der Waals surface area contributed by atoms with Crippen molar-refractivity contribution in [3.05, 3.63) is 29.8 Å². The number of ether oxygens (including phenoxy) is 2. The lowest BCUT2D eigenvalue weighted by molar-refractivity contribution is -0.125. The van der Waals surface area contributed by atoms with Gasteiger partial charge in [-0.05, 0) is 24.3 Å². The maximum absolute atomic E-state index is 12.3.